The number of halogens is 1. The lowest BCUT2D eigenvalue weighted by Crippen LogP contribution is -2.07. The third-order valence-electron chi connectivity index (χ3n) is 3.04. The summed E-state index contributed by atoms with van der Waals surface area (Å²) >= 11 is 6.23. The van der Waals surface area contributed by atoms with Gasteiger partial charge in [0.25, 0.3) is 0 Å². The highest BCUT2D eigenvalue weighted by Crippen LogP contribution is 2.35. The first-order valence-electron chi connectivity index (χ1n) is 6.03. The molecule has 3 N–H and O–H groups in total. The number of rotatable bonds is 3. The van der Waals surface area contributed by atoms with E-state index in [9.17, 15) is 5.11 Å². The zero-order valence-electron chi connectivity index (χ0n) is 11.1. The Hall–Kier alpha value is -1.59. The molecule has 19 heavy (non-hydrogen) atoms. The number of aliphatic hydroxyl groups is 1. The van der Waals surface area contributed by atoms with Crippen molar-refractivity contribution in [2.24, 2.45) is 7.05 Å². The van der Waals surface area contributed by atoms with Gasteiger partial charge in [-0.25, -0.2) is 0 Å². The lowest BCUT2D eigenvalue weighted by Gasteiger charge is -2.15. The molecule has 2 heterocycles. The maximum atomic E-state index is 10.5. The van der Waals surface area contributed by atoms with Crippen molar-refractivity contribution in [1.29, 1.82) is 0 Å². The Kier molecular flexibility index (Phi) is 3.78. The maximum Gasteiger partial charge on any atom is 0.133 e. The summed E-state index contributed by atoms with van der Waals surface area (Å²) in [6.07, 6.45) is 2.21. The van der Waals surface area contributed by atoms with E-state index in [1.165, 1.54) is 0 Å². The molecular formula is C13H17ClN4O. The second-order valence-corrected chi connectivity index (χ2v) is 5.13. The van der Waals surface area contributed by atoms with Gasteiger partial charge in [-0.3, -0.25) is 9.67 Å². The van der Waals surface area contributed by atoms with Crippen LogP contribution in [-0.2, 0) is 7.05 Å². The molecule has 0 aromatic carbocycles. The van der Waals surface area contributed by atoms with Gasteiger partial charge in [-0.15, -0.1) is 0 Å². The SMILES string of the molecule is CC(C)c1nn(C)c(Cl)c1C(O)c1cnccc1N. The Bertz CT molecular complexity index is 594. The Morgan fingerprint density at radius 2 is 2.11 bits per heavy atom. The van der Waals surface area contributed by atoms with E-state index in [4.69, 9.17) is 17.3 Å². The summed E-state index contributed by atoms with van der Waals surface area (Å²) in [7, 11) is 1.75. The van der Waals surface area contributed by atoms with Crippen LogP contribution >= 0.6 is 11.6 Å². The molecular weight excluding hydrogens is 264 g/mol. The Morgan fingerprint density at radius 3 is 2.68 bits per heavy atom. The summed E-state index contributed by atoms with van der Waals surface area (Å²) in [6.45, 7) is 4.00. The average molecular weight is 281 g/mol. The highest BCUT2D eigenvalue weighted by molar-refractivity contribution is 6.30. The van der Waals surface area contributed by atoms with Crippen LogP contribution in [0.4, 0.5) is 5.69 Å². The molecule has 1 atom stereocenters. The molecule has 0 spiro atoms. The standard InChI is InChI=1S/C13H17ClN4O/c1-7(2)11-10(13(14)18(3)17-11)12(19)8-6-16-5-4-9(8)15/h4-7,12,19H,1-3H3,(H2,15,16). The van der Waals surface area contributed by atoms with Gasteiger partial charge in [0.05, 0.1) is 5.69 Å². The number of nitrogens with two attached hydrogens (primary N) is 1. The summed E-state index contributed by atoms with van der Waals surface area (Å²) in [5, 5.41) is 15.3. The molecule has 0 aliphatic heterocycles. The Balaban J connectivity index is 2.56. The predicted molar refractivity (Wildman–Crippen MR) is 75.0 cm³/mol. The van der Waals surface area contributed by atoms with E-state index in [0.717, 1.165) is 5.69 Å². The maximum absolute atomic E-state index is 10.5. The number of aromatic nitrogens is 3. The fourth-order valence-corrected chi connectivity index (χ4v) is 2.26. The van der Waals surface area contributed by atoms with E-state index < -0.39 is 6.10 Å². The van der Waals surface area contributed by atoms with Crippen LogP contribution in [0.5, 0.6) is 0 Å². The molecule has 2 aromatic rings. The van der Waals surface area contributed by atoms with Gasteiger partial charge in [0.15, 0.2) is 0 Å². The molecule has 1 unspecified atom stereocenters. The van der Waals surface area contributed by atoms with Crippen LogP contribution in [-0.4, -0.2) is 19.9 Å². The first-order chi connectivity index (χ1) is 8.93. The van der Waals surface area contributed by atoms with Crippen LogP contribution in [0.3, 0.4) is 0 Å². The summed E-state index contributed by atoms with van der Waals surface area (Å²) < 4.78 is 1.56. The minimum absolute atomic E-state index is 0.154. The van der Waals surface area contributed by atoms with Gasteiger partial charge in [0, 0.05) is 36.3 Å². The van der Waals surface area contributed by atoms with Crippen LogP contribution in [0.15, 0.2) is 18.5 Å². The topological polar surface area (TPSA) is 77.0 Å². The number of pyridine rings is 1. The first kappa shape index (κ1) is 13.8. The minimum Gasteiger partial charge on any atom is -0.398 e. The van der Waals surface area contributed by atoms with Crippen LogP contribution in [0.25, 0.3) is 0 Å². The fourth-order valence-electron chi connectivity index (χ4n) is 2.02. The second kappa shape index (κ2) is 5.19. The molecule has 0 fully saturated rings. The van der Waals surface area contributed by atoms with E-state index >= 15 is 0 Å². The lowest BCUT2D eigenvalue weighted by molar-refractivity contribution is 0.219. The smallest absolute Gasteiger partial charge is 0.133 e. The molecule has 0 aliphatic rings. The molecule has 0 aliphatic carbocycles. The Labute approximate surface area is 117 Å². The van der Waals surface area contributed by atoms with Gasteiger partial charge in [-0.05, 0) is 12.0 Å². The summed E-state index contributed by atoms with van der Waals surface area (Å²) in [5.74, 6) is 0.154. The summed E-state index contributed by atoms with van der Waals surface area (Å²) in [6, 6.07) is 1.65. The fraction of sp³-hybridized carbons (Fsp3) is 0.385. The van der Waals surface area contributed by atoms with Crippen LogP contribution in [0.1, 0.15) is 42.7 Å². The molecule has 0 radical (unpaired) electrons. The van der Waals surface area contributed by atoms with E-state index in [1.807, 2.05) is 13.8 Å². The molecule has 2 rings (SSSR count). The molecule has 5 nitrogen and oxygen atoms in total. The quantitative estimate of drug-likeness (QED) is 0.904. The van der Waals surface area contributed by atoms with Gasteiger partial charge in [0.1, 0.15) is 11.3 Å². The molecule has 2 aromatic heterocycles. The molecule has 0 amide bonds. The van der Waals surface area contributed by atoms with Gasteiger partial charge in [-0.2, -0.15) is 5.10 Å². The first-order valence-corrected chi connectivity index (χ1v) is 6.41. The normalized spacial score (nSPS) is 12.9. The van der Waals surface area contributed by atoms with Gasteiger partial charge in [-0.1, -0.05) is 25.4 Å². The van der Waals surface area contributed by atoms with Gasteiger partial charge in [0.2, 0.25) is 0 Å². The number of aryl methyl sites for hydroxylation is 1. The van der Waals surface area contributed by atoms with Crippen LogP contribution < -0.4 is 5.73 Å². The lowest BCUT2D eigenvalue weighted by atomic mass is 9.97. The van der Waals surface area contributed by atoms with Gasteiger partial charge < -0.3 is 10.8 Å². The number of hydrogen-bond acceptors (Lipinski definition) is 4. The van der Waals surface area contributed by atoms with Crippen LogP contribution in [0, 0.1) is 0 Å². The molecule has 0 saturated heterocycles. The monoisotopic (exact) mass is 280 g/mol. The van der Waals surface area contributed by atoms with Crippen molar-refractivity contribution in [3.05, 3.63) is 40.4 Å². The van der Waals surface area contributed by atoms with Crippen molar-refractivity contribution < 1.29 is 5.11 Å². The van der Waals surface area contributed by atoms with Crippen molar-refractivity contribution in [3.8, 4) is 0 Å². The highest BCUT2D eigenvalue weighted by Gasteiger charge is 2.25. The van der Waals surface area contributed by atoms with E-state index in [0.29, 0.717) is 22.0 Å². The number of hydrogen-bond donors (Lipinski definition) is 2. The number of nitrogen functional groups attached to an aromatic ring is 1. The summed E-state index contributed by atoms with van der Waals surface area (Å²) in [4.78, 5) is 3.99. The van der Waals surface area contributed by atoms with E-state index in [2.05, 4.69) is 10.1 Å². The number of aliphatic hydroxyl groups excluding tert-OH is 1. The van der Waals surface area contributed by atoms with Crippen molar-refractivity contribution >= 4 is 17.3 Å². The minimum atomic E-state index is -0.924. The van der Waals surface area contributed by atoms with Crippen molar-refractivity contribution in [3.63, 3.8) is 0 Å². The zero-order valence-corrected chi connectivity index (χ0v) is 11.9. The van der Waals surface area contributed by atoms with Crippen LogP contribution in [0.2, 0.25) is 5.15 Å². The molecule has 102 valence electrons. The predicted octanol–water partition coefficient (Wildman–Crippen LogP) is 2.26. The largest absolute Gasteiger partial charge is 0.398 e. The van der Waals surface area contributed by atoms with E-state index in [-0.39, 0.29) is 5.92 Å². The van der Waals surface area contributed by atoms with E-state index in [1.54, 1.807) is 30.2 Å². The molecule has 0 saturated carbocycles. The van der Waals surface area contributed by atoms with Gasteiger partial charge >= 0.3 is 0 Å². The number of anilines is 1. The third-order valence-corrected chi connectivity index (χ3v) is 3.49. The average Bonchev–Trinajstić information content (AvgIpc) is 2.66. The van der Waals surface area contributed by atoms with Crippen molar-refractivity contribution in [2.75, 3.05) is 5.73 Å². The highest BCUT2D eigenvalue weighted by atomic mass is 35.5. The third kappa shape index (κ3) is 2.43. The molecule has 0 bridgehead atoms. The van der Waals surface area contributed by atoms with Crippen molar-refractivity contribution in [1.82, 2.24) is 14.8 Å². The van der Waals surface area contributed by atoms with Crippen molar-refractivity contribution in [2.45, 2.75) is 25.9 Å². The Morgan fingerprint density at radius 1 is 1.42 bits per heavy atom. The zero-order chi connectivity index (χ0) is 14.2. The summed E-state index contributed by atoms with van der Waals surface area (Å²) in [5.41, 5.74) is 8.26. The number of nitrogens with zero attached hydrogens (tertiary/aromatic N) is 3. The second-order valence-electron chi connectivity index (χ2n) is 4.78. The molecule has 6 heteroatoms.